The fourth-order valence-corrected chi connectivity index (χ4v) is 4.62. The maximum absolute atomic E-state index is 12.0. The Morgan fingerprint density at radius 1 is 1.25 bits per heavy atom. The molecule has 0 saturated heterocycles. The first-order valence-corrected chi connectivity index (χ1v) is 9.78. The largest absolute Gasteiger partial charge is 0.320 e. The monoisotopic (exact) mass is 354 g/mol. The number of amides is 1. The number of rotatable bonds is 6. The third kappa shape index (κ3) is 4.08. The van der Waals surface area contributed by atoms with Crippen molar-refractivity contribution in [2.75, 3.05) is 5.75 Å². The predicted octanol–water partition coefficient (Wildman–Crippen LogP) is 4.45. The molecular weight excluding hydrogens is 336 g/mol. The molecule has 1 aliphatic heterocycles. The summed E-state index contributed by atoms with van der Waals surface area (Å²) in [6, 6.07) is 16.7. The van der Waals surface area contributed by atoms with Gasteiger partial charge in [-0.25, -0.2) is 0 Å². The quantitative estimate of drug-likeness (QED) is 0.780. The van der Waals surface area contributed by atoms with E-state index in [1.165, 1.54) is 5.56 Å². The Hall–Kier alpha value is -2.03. The van der Waals surface area contributed by atoms with Crippen LogP contribution in [0, 0.1) is 11.3 Å². The van der Waals surface area contributed by atoms with Crippen LogP contribution in [0.15, 0.2) is 58.4 Å². The standard InChI is InChI=1S/C19H18N2OS2/c20-13-16-15(17-9-5-10-23-17)12-18(22)21-19(16)24-11-4-8-14-6-2-1-3-7-14/h1-3,5-7,9-10,15H,4,8,11-12H2,(H,21,22)/t15-/m1/s1. The minimum atomic E-state index is -0.0969. The molecule has 1 N–H and O–H groups in total. The van der Waals surface area contributed by atoms with Gasteiger partial charge in [-0.2, -0.15) is 5.26 Å². The summed E-state index contributed by atoms with van der Waals surface area (Å²) in [5, 5.41) is 15.2. The Bertz CT molecular complexity index is 760. The van der Waals surface area contributed by atoms with Crippen molar-refractivity contribution < 1.29 is 4.79 Å². The molecule has 1 aromatic carbocycles. The van der Waals surface area contributed by atoms with Crippen molar-refractivity contribution in [3.63, 3.8) is 0 Å². The van der Waals surface area contributed by atoms with Crippen molar-refractivity contribution in [3.8, 4) is 6.07 Å². The molecule has 0 saturated carbocycles. The maximum Gasteiger partial charge on any atom is 0.225 e. The van der Waals surface area contributed by atoms with Gasteiger partial charge in [0.2, 0.25) is 5.91 Å². The van der Waals surface area contributed by atoms with Crippen LogP contribution in [-0.2, 0) is 11.2 Å². The molecule has 2 heterocycles. The average Bonchev–Trinajstić information content (AvgIpc) is 3.13. The Morgan fingerprint density at radius 3 is 2.79 bits per heavy atom. The minimum absolute atomic E-state index is 0.00189. The van der Waals surface area contributed by atoms with Crippen molar-refractivity contribution in [3.05, 3.63) is 68.9 Å². The van der Waals surface area contributed by atoms with Crippen LogP contribution in [0.5, 0.6) is 0 Å². The van der Waals surface area contributed by atoms with Gasteiger partial charge in [0.05, 0.1) is 16.7 Å². The van der Waals surface area contributed by atoms with E-state index >= 15 is 0 Å². The van der Waals surface area contributed by atoms with E-state index in [1.54, 1.807) is 23.1 Å². The Balaban J connectivity index is 1.65. The van der Waals surface area contributed by atoms with Crippen LogP contribution in [0.1, 0.15) is 29.2 Å². The second-order valence-corrected chi connectivity index (χ2v) is 7.70. The van der Waals surface area contributed by atoms with Gasteiger partial charge in [-0.3, -0.25) is 4.79 Å². The minimum Gasteiger partial charge on any atom is -0.320 e. The molecule has 3 nitrogen and oxygen atoms in total. The lowest BCUT2D eigenvalue weighted by Crippen LogP contribution is -2.30. The van der Waals surface area contributed by atoms with Crippen molar-refractivity contribution in [1.29, 1.82) is 5.26 Å². The zero-order valence-electron chi connectivity index (χ0n) is 13.2. The zero-order chi connectivity index (χ0) is 16.8. The van der Waals surface area contributed by atoms with Gasteiger partial charge in [-0.05, 0) is 35.6 Å². The summed E-state index contributed by atoms with van der Waals surface area (Å²) in [4.78, 5) is 13.1. The second kappa shape index (κ2) is 8.18. The summed E-state index contributed by atoms with van der Waals surface area (Å²) in [5.41, 5.74) is 2.01. The molecule has 0 aliphatic carbocycles. The average molecular weight is 355 g/mol. The van der Waals surface area contributed by atoms with E-state index in [0.29, 0.717) is 12.0 Å². The molecule has 3 rings (SSSR count). The molecule has 0 bridgehead atoms. The summed E-state index contributed by atoms with van der Waals surface area (Å²) in [6.07, 6.45) is 2.37. The third-order valence-corrected chi connectivity index (χ3v) is 6.03. The predicted molar refractivity (Wildman–Crippen MR) is 99.7 cm³/mol. The first-order chi connectivity index (χ1) is 11.8. The molecule has 122 valence electrons. The first kappa shape index (κ1) is 16.8. The van der Waals surface area contributed by atoms with Gasteiger partial charge in [-0.15, -0.1) is 23.1 Å². The van der Waals surface area contributed by atoms with Gasteiger partial charge >= 0.3 is 0 Å². The number of carbonyl (C=O) groups excluding carboxylic acids is 1. The van der Waals surface area contributed by atoms with Crippen LogP contribution < -0.4 is 5.32 Å². The van der Waals surface area contributed by atoms with Gasteiger partial charge < -0.3 is 5.32 Å². The molecule has 1 atom stereocenters. The number of nitrogens with one attached hydrogen (secondary N) is 1. The van der Waals surface area contributed by atoms with Crippen molar-refractivity contribution in [2.45, 2.75) is 25.2 Å². The summed E-state index contributed by atoms with van der Waals surface area (Å²) in [7, 11) is 0. The van der Waals surface area contributed by atoms with Gasteiger partial charge in [0, 0.05) is 17.2 Å². The van der Waals surface area contributed by atoms with Crippen LogP contribution in [0.4, 0.5) is 0 Å². The number of nitrogens with zero attached hydrogens (tertiary/aromatic N) is 1. The van der Waals surface area contributed by atoms with Gasteiger partial charge in [0.15, 0.2) is 0 Å². The van der Waals surface area contributed by atoms with E-state index in [1.807, 2.05) is 35.7 Å². The molecule has 0 radical (unpaired) electrons. The van der Waals surface area contributed by atoms with Gasteiger partial charge in [0.1, 0.15) is 0 Å². The lowest BCUT2D eigenvalue weighted by atomic mass is 9.93. The van der Waals surface area contributed by atoms with Crippen LogP contribution >= 0.6 is 23.1 Å². The summed E-state index contributed by atoms with van der Waals surface area (Å²) in [6.45, 7) is 0. The fourth-order valence-electron chi connectivity index (χ4n) is 2.76. The molecule has 0 spiro atoms. The van der Waals surface area contributed by atoms with E-state index in [9.17, 15) is 10.1 Å². The molecule has 0 fully saturated rings. The summed E-state index contributed by atoms with van der Waals surface area (Å²) < 4.78 is 0. The summed E-state index contributed by atoms with van der Waals surface area (Å²) >= 11 is 3.19. The first-order valence-electron chi connectivity index (χ1n) is 7.92. The fraction of sp³-hybridized carbons (Fsp3) is 0.263. The number of nitriles is 1. The number of hydrogen-bond donors (Lipinski definition) is 1. The highest BCUT2D eigenvalue weighted by Crippen LogP contribution is 2.37. The normalized spacial score (nSPS) is 17.5. The molecule has 24 heavy (non-hydrogen) atoms. The third-order valence-electron chi connectivity index (χ3n) is 3.94. The number of benzene rings is 1. The van der Waals surface area contributed by atoms with Crippen molar-refractivity contribution in [2.24, 2.45) is 0 Å². The van der Waals surface area contributed by atoms with Gasteiger partial charge in [0.25, 0.3) is 0 Å². The van der Waals surface area contributed by atoms with Crippen molar-refractivity contribution in [1.82, 2.24) is 5.32 Å². The molecule has 1 amide bonds. The molecule has 2 aromatic rings. The van der Waals surface area contributed by atoms with Crippen molar-refractivity contribution >= 4 is 29.0 Å². The smallest absolute Gasteiger partial charge is 0.225 e. The van der Waals surface area contributed by atoms with Crippen LogP contribution in [0.25, 0.3) is 0 Å². The molecule has 5 heteroatoms. The highest BCUT2D eigenvalue weighted by molar-refractivity contribution is 8.03. The van der Waals surface area contributed by atoms with E-state index in [0.717, 1.165) is 28.5 Å². The van der Waals surface area contributed by atoms with E-state index in [4.69, 9.17) is 0 Å². The number of aryl methyl sites for hydroxylation is 1. The van der Waals surface area contributed by atoms with Crippen LogP contribution in [0.3, 0.4) is 0 Å². The summed E-state index contributed by atoms with van der Waals surface area (Å²) in [5.74, 6) is 0.783. The highest BCUT2D eigenvalue weighted by Gasteiger charge is 2.29. The van der Waals surface area contributed by atoms with E-state index in [-0.39, 0.29) is 11.8 Å². The lowest BCUT2D eigenvalue weighted by Gasteiger charge is -2.24. The lowest BCUT2D eigenvalue weighted by molar-refractivity contribution is -0.120. The SMILES string of the molecule is N#CC1=C(SCCCc2ccccc2)NC(=O)C[C@H]1c1cccs1. The van der Waals surface area contributed by atoms with E-state index in [2.05, 4.69) is 23.5 Å². The maximum atomic E-state index is 12.0. The number of thiophene rings is 1. The highest BCUT2D eigenvalue weighted by atomic mass is 32.2. The number of hydrogen-bond acceptors (Lipinski definition) is 4. The Kier molecular flexibility index (Phi) is 5.73. The van der Waals surface area contributed by atoms with E-state index < -0.39 is 0 Å². The Morgan fingerprint density at radius 2 is 2.08 bits per heavy atom. The molecule has 1 aliphatic rings. The Labute approximate surface area is 150 Å². The number of carbonyl (C=O) groups is 1. The van der Waals surface area contributed by atoms with Crippen LogP contribution in [-0.4, -0.2) is 11.7 Å². The molecule has 0 unspecified atom stereocenters. The van der Waals surface area contributed by atoms with Gasteiger partial charge in [-0.1, -0.05) is 36.4 Å². The zero-order valence-corrected chi connectivity index (χ0v) is 14.8. The number of thioether (sulfide) groups is 1. The topological polar surface area (TPSA) is 52.9 Å². The number of allylic oxidation sites excluding steroid dienone is 1. The van der Waals surface area contributed by atoms with Crippen LogP contribution in [0.2, 0.25) is 0 Å². The molecule has 1 aromatic heterocycles. The second-order valence-electron chi connectivity index (χ2n) is 5.61. The molecular formula is C19H18N2OS2.